The van der Waals surface area contributed by atoms with Crippen LogP contribution in [-0.2, 0) is 10.0 Å². The molecule has 6 nitrogen and oxygen atoms in total. The number of aliphatic imine (C=N–C) groups is 1. The molecule has 1 atom stereocenters. The summed E-state index contributed by atoms with van der Waals surface area (Å²) in [5.41, 5.74) is 2.23. The molecular weight excluding hydrogens is 530 g/mol. The lowest BCUT2D eigenvalue weighted by atomic mass is 9.91. The molecule has 0 aromatic heterocycles. The van der Waals surface area contributed by atoms with Crippen LogP contribution in [0.1, 0.15) is 30.9 Å². The summed E-state index contributed by atoms with van der Waals surface area (Å²) in [6, 6.07) is 23.5. The van der Waals surface area contributed by atoms with Crippen LogP contribution in [0, 0.1) is 0 Å². The molecule has 0 saturated carbocycles. The minimum Gasteiger partial charge on any atom is -0.248 e. The number of hydrazone groups is 1. The van der Waals surface area contributed by atoms with Crippen LogP contribution in [0.25, 0.3) is 0 Å². The van der Waals surface area contributed by atoms with Gasteiger partial charge in [0.1, 0.15) is 16.3 Å². The molecular formula is C26H25AlCl2N4O2S. The van der Waals surface area contributed by atoms with Gasteiger partial charge in [0, 0.05) is 21.5 Å². The average Bonchev–Trinajstić information content (AvgIpc) is 3.30. The maximum Gasteiger partial charge on any atom is 0.264 e. The second kappa shape index (κ2) is 11.0. The number of hydrogen-bond donors (Lipinski definition) is 1. The van der Waals surface area contributed by atoms with Crippen molar-refractivity contribution in [1.29, 1.82) is 0 Å². The molecule has 1 heterocycles. The van der Waals surface area contributed by atoms with Gasteiger partial charge in [-0.3, -0.25) is 0 Å². The van der Waals surface area contributed by atoms with Gasteiger partial charge in [-0.2, -0.15) is 5.10 Å². The fourth-order valence-electron chi connectivity index (χ4n) is 3.72. The molecule has 0 amide bonds. The third-order valence-corrected chi connectivity index (χ3v) is 8.61. The molecule has 0 saturated heterocycles. The highest BCUT2D eigenvalue weighted by molar-refractivity contribution is 7.90. The Morgan fingerprint density at radius 1 is 1.03 bits per heavy atom. The molecule has 0 fully saturated rings. The van der Waals surface area contributed by atoms with Crippen molar-refractivity contribution in [1.82, 2.24) is 9.73 Å². The number of rotatable bonds is 6. The first-order valence-electron chi connectivity index (χ1n) is 11.3. The van der Waals surface area contributed by atoms with Crippen molar-refractivity contribution in [3.63, 3.8) is 0 Å². The summed E-state index contributed by atoms with van der Waals surface area (Å²) >= 11 is 14.7. The van der Waals surface area contributed by atoms with Crippen molar-refractivity contribution in [2.75, 3.05) is 6.54 Å². The van der Waals surface area contributed by atoms with E-state index < -0.39 is 15.6 Å². The number of nitrogens with zero attached hydrogens (tertiary/aromatic N) is 3. The van der Waals surface area contributed by atoms with Crippen molar-refractivity contribution >= 4 is 61.2 Å². The van der Waals surface area contributed by atoms with Gasteiger partial charge in [0.15, 0.2) is 0 Å². The Balaban J connectivity index is 1.77. The van der Waals surface area contributed by atoms with E-state index in [4.69, 9.17) is 33.3 Å². The quantitative estimate of drug-likeness (QED) is 0.248. The number of hydrogen-bond acceptors (Lipinski definition) is 4. The topological polar surface area (TPSA) is 74.1 Å². The zero-order chi connectivity index (χ0) is 25.9. The summed E-state index contributed by atoms with van der Waals surface area (Å²) in [4.78, 5) is 4.87. The minimum atomic E-state index is -3.94. The number of guanidine groups is 1. The number of nitrogens with one attached hydrogen (secondary N) is 1. The lowest BCUT2D eigenvalue weighted by Gasteiger charge is -2.25. The summed E-state index contributed by atoms with van der Waals surface area (Å²) in [6.45, 7) is 4.28. The standard InChI is InChI=1S/C26H25Cl2N4O2S.Al/c1-26(2,3)29-25(31-35(33,34)22-15-13-21(28)14-16-22)32-17-23(18-7-5-4-6-8-18)24(30-32)19-9-11-20(27)12-10-19;/h4-16,23H,1,17H2,2-3H3,(H,29,31);. The molecule has 0 spiro atoms. The highest BCUT2D eigenvalue weighted by Crippen LogP contribution is 2.30. The molecule has 1 unspecified atom stereocenters. The molecule has 2 radical (unpaired) electrons. The van der Waals surface area contributed by atoms with Crippen molar-refractivity contribution in [3.8, 4) is 0 Å². The van der Waals surface area contributed by atoms with E-state index >= 15 is 0 Å². The van der Waals surface area contributed by atoms with Gasteiger partial charge in [0.05, 0.1) is 17.2 Å². The van der Waals surface area contributed by atoms with Crippen molar-refractivity contribution in [2.45, 2.75) is 35.5 Å². The maximum absolute atomic E-state index is 13.3. The highest BCUT2D eigenvalue weighted by Gasteiger charge is 2.34. The van der Waals surface area contributed by atoms with Gasteiger partial charge in [-0.15, -0.1) is 0 Å². The average molecular weight is 555 g/mol. The molecule has 10 heteroatoms. The van der Waals surface area contributed by atoms with Gasteiger partial charge in [-0.25, -0.2) is 23.1 Å². The van der Waals surface area contributed by atoms with E-state index in [2.05, 4.69) is 21.0 Å². The van der Waals surface area contributed by atoms with E-state index in [1.165, 1.54) is 24.3 Å². The molecule has 1 aliphatic rings. The zero-order valence-electron chi connectivity index (χ0n) is 19.9. The van der Waals surface area contributed by atoms with Crippen LogP contribution in [0.2, 0.25) is 15.3 Å². The predicted octanol–water partition coefficient (Wildman–Crippen LogP) is 5.50. The normalized spacial score (nSPS) is 16.7. The van der Waals surface area contributed by atoms with E-state index in [0.29, 0.717) is 21.9 Å². The van der Waals surface area contributed by atoms with E-state index in [9.17, 15) is 8.42 Å². The van der Waals surface area contributed by atoms with E-state index in [1.807, 2.05) is 68.4 Å². The number of benzene rings is 3. The first kappa shape index (κ1) is 26.7. The Labute approximate surface area is 230 Å². The molecule has 1 N–H and O–H groups in total. The number of halogens is 2. The Morgan fingerprint density at radius 3 is 2.19 bits per heavy atom. The third-order valence-electron chi connectivity index (χ3n) is 5.76. The van der Waals surface area contributed by atoms with Crippen LogP contribution in [-0.4, -0.2) is 53.5 Å². The second-order valence-corrected chi connectivity index (χ2v) is 12.0. The van der Waals surface area contributed by atoms with E-state index in [1.54, 1.807) is 5.01 Å². The van der Waals surface area contributed by atoms with Crippen molar-refractivity contribution in [3.05, 3.63) is 100 Å². The zero-order valence-corrected chi connectivity index (χ0v) is 23.4. The molecule has 0 aliphatic carbocycles. The van der Waals surface area contributed by atoms with Crippen LogP contribution < -0.4 is 4.72 Å². The smallest absolute Gasteiger partial charge is 0.248 e. The number of sulfonamides is 1. The Kier molecular flexibility index (Phi) is 8.13. The van der Waals surface area contributed by atoms with Crippen molar-refractivity contribution < 1.29 is 8.42 Å². The Morgan fingerprint density at radius 2 is 1.61 bits per heavy atom. The summed E-state index contributed by atoms with van der Waals surface area (Å²) in [7, 11) is -3.94. The van der Waals surface area contributed by atoms with Gasteiger partial charge < -0.3 is 0 Å². The molecule has 3 aromatic carbocycles. The van der Waals surface area contributed by atoms with Gasteiger partial charge >= 0.3 is 0 Å². The van der Waals surface area contributed by atoms with E-state index in [0.717, 1.165) is 16.8 Å². The lowest BCUT2D eigenvalue weighted by Crippen LogP contribution is -2.43. The molecule has 1 aliphatic heterocycles. The van der Waals surface area contributed by atoms with Crippen LogP contribution in [0.5, 0.6) is 0 Å². The van der Waals surface area contributed by atoms with Crippen LogP contribution in [0.15, 0.2) is 93.9 Å². The van der Waals surface area contributed by atoms with Crippen LogP contribution in [0.3, 0.4) is 0 Å². The minimum absolute atomic E-state index is 0.0870. The van der Waals surface area contributed by atoms with Crippen LogP contribution in [0.4, 0.5) is 0 Å². The summed E-state index contributed by atoms with van der Waals surface area (Å²) in [6.07, 6.45) is 0. The monoisotopic (exact) mass is 554 g/mol. The third kappa shape index (κ3) is 6.31. The highest BCUT2D eigenvalue weighted by atomic mass is 35.5. The first-order chi connectivity index (χ1) is 17.1. The van der Waals surface area contributed by atoms with Gasteiger partial charge in [-0.1, -0.05) is 70.9 Å². The first-order valence-corrected chi connectivity index (χ1v) is 14.4. The lowest BCUT2D eigenvalue weighted by molar-refractivity contribution is 0.447. The molecule has 0 bridgehead atoms. The fraction of sp³-hybridized carbons (Fsp3) is 0.231. The molecule has 184 valence electrons. The largest absolute Gasteiger partial charge is 0.264 e. The fourth-order valence-corrected chi connectivity index (χ4v) is 5.07. The van der Waals surface area contributed by atoms with Gasteiger partial charge in [-0.05, 0) is 61.4 Å². The van der Waals surface area contributed by atoms with Gasteiger partial charge in [0.2, 0.25) is 5.96 Å². The predicted molar refractivity (Wildman–Crippen MR) is 148 cm³/mol. The second-order valence-electron chi connectivity index (χ2n) is 9.05. The molecule has 4 rings (SSSR count). The van der Waals surface area contributed by atoms with Gasteiger partial charge in [0.25, 0.3) is 10.0 Å². The Bertz CT molecular complexity index is 1380. The molecule has 3 aromatic rings. The SMILES string of the molecule is CC(C)([CH2][Al])N=C(NS(=O)(=O)c1ccc(Cl)cc1)N1CC(c2ccccc2)C(c2ccc(Cl)cc2)=N1. The molecule has 36 heavy (non-hydrogen) atoms. The van der Waals surface area contributed by atoms with Crippen molar-refractivity contribution in [2.24, 2.45) is 10.1 Å². The summed E-state index contributed by atoms with van der Waals surface area (Å²) in [5, 5.41) is 8.23. The maximum atomic E-state index is 13.3. The summed E-state index contributed by atoms with van der Waals surface area (Å²) < 4.78 is 29.3. The van der Waals surface area contributed by atoms with Crippen LogP contribution >= 0.6 is 23.2 Å². The van der Waals surface area contributed by atoms with E-state index in [-0.39, 0.29) is 16.8 Å². The Hall–Kier alpha value is -2.34. The summed E-state index contributed by atoms with van der Waals surface area (Å²) in [5.74, 6) is 0.0546.